The van der Waals surface area contributed by atoms with Crippen molar-refractivity contribution < 1.29 is 9.90 Å². The Hall–Kier alpha value is -2.18. The van der Waals surface area contributed by atoms with E-state index in [1.807, 2.05) is 12.5 Å². The zero-order chi connectivity index (χ0) is 21.2. The molecule has 31 heavy (non-hydrogen) atoms. The van der Waals surface area contributed by atoms with E-state index in [-0.39, 0.29) is 29.5 Å². The zero-order valence-corrected chi connectivity index (χ0v) is 17.9. The minimum absolute atomic E-state index is 0.0100. The van der Waals surface area contributed by atoms with E-state index in [9.17, 15) is 9.90 Å². The van der Waals surface area contributed by atoms with E-state index in [0.29, 0.717) is 30.7 Å². The Morgan fingerprint density at radius 2 is 2.03 bits per heavy atom. The lowest BCUT2D eigenvalue weighted by atomic mass is 9.46. The molecule has 5 aliphatic rings. The average molecular weight is 421 g/mol. The van der Waals surface area contributed by atoms with E-state index in [1.54, 1.807) is 0 Å². The van der Waals surface area contributed by atoms with Crippen molar-refractivity contribution in [1.82, 2.24) is 14.9 Å². The van der Waals surface area contributed by atoms with Crippen molar-refractivity contribution in [3.63, 3.8) is 0 Å². The molecule has 4 aliphatic carbocycles. The van der Waals surface area contributed by atoms with Gasteiger partial charge in [0.15, 0.2) is 0 Å². The van der Waals surface area contributed by atoms with Crippen LogP contribution in [0.1, 0.15) is 56.6 Å². The molecule has 1 amide bonds. The minimum atomic E-state index is -0.340. The van der Waals surface area contributed by atoms with Crippen LogP contribution in [0.4, 0.5) is 0 Å². The summed E-state index contributed by atoms with van der Waals surface area (Å²) >= 11 is 0. The predicted octanol–water partition coefficient (Wildman–Crippen LogP) is 2.86. The maximum Gasteiger partial charge on any atom is 0.221 e. The fourth-order valence-corrected chi connectivity index (χ4v) is 7.75. The fourth-order valence-electron chi connectivity index (χ4n) is 7.75. The summed E-state index contributed by atoms with van der Waals surface area (Å²) in [5.74, 6) is 1.75. The predicted molar refractivity (Wildman–Crippen MR) is 118 cm³/mol. The van der Waals surface area contributed by atoms with Gasteiger partial charge in [0.2, 0.25) is 5.91 Å². The number of rotatable bonds is 6. The first-order chi connectivity index (χ1) is 15.1. The third kappa shape index (κ3) is 2.99. The summed E-state index contributed by atoms with van der Waals surface area (Å²) in [6.45, 7) is 0.401. The highest BCUT2D eigenvalue weighted by Crippen LogP contribution is 2.62. The van der Waals surface area contributed by atoms with Crippen molar-refractivity contribution >= 4 is 5.91 Å². The molecule has 4 saturated carbocycles. The van der Waals surface area contributed by atoms with Gasteiger partial charge in [-0.15, -0.1) is 0 Å². The van der Waals surface area contributed by atoms with Gasteiger partial charge in [-0.2, -0.15) is 0 Å². The van der Waals surface area contributed by atoms with E-state index in [1.165, 1.54) is 24.0 Å². The van der Waals surface area contributed by atoms with E-state index in [0.717, 1.165) is 31.4 Å². The summed E-state index contributed by atoms with van der Waals surface area (Å²) in [6.07, 6.45) is 10.2. The molecular weight excluding hydrogens is 388 g/mol. The Morgan fingerprint density at radius 3 is 2.81 bits per heavy atom. The summed E-state index contributed by atoms with van der Waals surface area (Å²) < 4.78 is 2.24. The van der Waals surface area contributed by atoms with Gasteiger partial charge in [-0.3, -0.25) is 4.79 Å². The highest BCUT2D eigenvalue weighted by atomic mass is 16.3. The molecule has 4 N–H and O–H groups in total. The molecule has 0 spiro atoms. The Balaban J connectivity index is 1.23. The topological polar surface area (TPSA) is 93.2 Å². The lowest BCUT2D eigenvalue weighted by molar-refractivity contribution is -0.145. The summed E-state index contributed by atoms with van der Waals surface area (Å²) in [5.41, 5.74) is 9.26. The number of amides is 1. The Morgan fingerprint density at radius 1 is 1.26 bits per heavy atom. The number of carbonyl (C=O) groups excluding carboxylic acids is 1. The van der Waals surface area contributed by atoms with E-state index in [4.69, 9.17) is 5.73 Å². The second-order valence-corrected chi connectivity index (χ2v) is 10.5. The van der Waals surface area contributed by atoms with Gasteiger partial charge in [-0.1, -0.05) is 24.3 Å². The van der Waals surface area contributed by atoms with E-state index >= 15 is 0 Å². The Labute approximate surface area is 183 Å². The number of aliphatic hydroxyl groups excluding tert-OH is 1. The monoisotopic (exact) mass is 420 g/mol. The van der Waals surface area contributed by atoms with Crippen LogP contribution in [0, 0.1) is 23.2 Å². The fraction of sp³-hybridized carbons (Fsp3) is 0.600. The normalized spacial score (nSPS) is 35.6. The Kier molecular flexibility index (Phi) is 4.51. The lowest BCUT2D eigenvalue weighted by Gasteiger charge is -2.61. The van der Waals surface area contributed by atoms with Crippen molar-refractivity contribution in [1.29, 1.82) is 0 Å². The van der Waals surface area contributed by atoms with Crippen molar-refractivity contribution in [3.8, 4) is 11.3 Å². The molecule has 7 rings (SSSR count). The van der Waals surface area contributed by atoms with Gasteiger partial charge in [0.1, 0.15) is 0 Å². The second kappa shape index (κ2) is 7.17. The molecule has 6 heteroatoms. The molecule has 164 valence electrons. The maximum absolute atomic E-state index is 12.2. The van der Waals surface area contributed by atoms with E-state index in [2.05, 4.69) is 39.1 Å². The van der Waals surface area contributed by atoms with Crippen LogP contribution in [0.15, 0.2) is 36.8 Å². The minimum Gasteiger partial charge on any atom is -0.392 e. The number of hydrogen-bond donors (Lipinski definition) is 3. The molecule has 0 radical (unpaired) electrons. The van der Waals surface area contributed by atoms with Crippen LogP contribution in [0.25, 0.3) is 11.3 Å². The van der Waals surface area contributed by atoms with Gasteiger partial charge >= 0.3 is 0 Å². The molecule has 2 aromatic rings. The molecule has 1 aromatic carbocycles. The maximum atomic E-state index is 12.2. The van der Waals surface area contributed by atoms with Crippen LogP contribution in [0.3, 0.4) is 0 Å². The first-order valence-electron chi connectivity index (χ1n) is 11.9. The summed E-state index contributed by atoms with van der Waals surface area (Å²) in [4.78, 5) is 16.6. The van der Waals surface area contributed by atoms with E-state index < -0.39 is 0 Å². The number of nitrogens with two attached hydrogens (primary N) is 1. The molecule has 6 nitrogen and oxygen atoms in total. The number of carbonyl (C=O) groups is 1. The first kappa shape index (κ1) is 19.5. The van der Waals surface area contributed by atoms with Gasteiger partial charge < -0.3 is 20.7 Å². The molecule has 4 atom stereocenters. The number of aliphatic hydroxyl groups is 1. The zero-order valence-electron chi connectivity index (χ0n) is 17.9. The number of hydrogen-bond acceptors (Lipinski definition) is 4. The van der Waals surface area contributed by atoms with Gasteiger partial charge in [0.05, 0.1) is 30.4 Å². The van der Waals surface area contributed by atoms with Crippen LogP contribution in [0.2, 0.25) is 0 Å². The lowest BCUT2D eigenvalue weighted by Crippen LogP contribution is -2.62. The SMILES string of the molecule is NCCC(=O)NC1C2CC3CC1CC(C(O)CC1c4ccccc4-c4cncn41)(C3)C2. The largest absolute Gasteiger partial charge is 0.392 e. The second-order valence-electron chi connectivity index (χ2n) is 10.5. The molecule has 2 heterocycles. The van der Waals surface area contributed by atoms with Crippen molar-refractivity contribution in [2.45, 2.75) is 63.1 Å². The summed E-state index contributed by atoms with van der Waals surface area (Å²) in [5, 5.41) is 15.0. The molecule has 0 saturated heterocycles. The highest BCUT2D eigenvalue weighted by molar-refractivity contribution is 5.76. The number of imidazole rings is 1. The van der Waals surface area contributed by atoms with Gasteiger partial charge in [0.25, 0.3) is 0 Å². The molecule has 4 bridgehead atoms. The van der Waals surface area contributed by atoms with Crippen molar-refractivity contribution in [3.05, 3.63) is 42.4 Å². The smallest absolute Gasteiger partial charge is 0.221 e. The number of benzene rings is 1. The summed E-state index contributed by atoms with van der Waals surface area (Å²) in [6, 6.07) is 8.95. The van der Waals surface area contributed by atoms with Crippen LogP contribution >= 0.6 is 0 Å². The Bertz CT molecular complexity index is 985. The van der Waals surface area contributed by atoms with Crippen LogP contribution < -0.4 is 11.1 Å². The quantitative estimate of drug-likeness (QED) is 0.670. The van der Waals surface area contributed by atoms with Gasteiger partial charge in [-0.25, -0.2) is 4.98 Å². The van der Waals surface area contributed by atoms with Crippen LogP contribution in [-0.2, 0) is 4.79 Å². The van der Waals surface area contributed by atoms with Gasteiger partial charge in [-0.05, 0) is 67.3 Å². The number of nitrogens with zero attached hydrogens (tertiary/aromatic N) is 2. The average Bonchev–Trinajstić information content (AvgIpc) is 3.33. The van der Waals surface area contributed by atoms with Crippen LogP contribution in [0.5, 0.6) is 0 Å². The molecule has 4 unspecified atom stereocenters. The molecule has 1 aliphatic heterocycles. The molecule has 4 fully saturated rings. The van der Waals surface area contributed by atoms with Gasteiger partial charge in [0, 0.05) is 24.6 Å². The van der Waals surface area contributed by atoms with Crippen LogP contribution in [-0.4, -0.2) is 39.3 Å². The molecule has 1 aromatic heterocycles. The van der Waals surface area contributed by atoms with Crippen molar-refractivity contribution in [2.75, 3.05) is 6.54 Å². The third-order valence-corrected chi connectivity index (χ3v) is 8.77. The number of fused-ring (bicyclic) bond motifs is 3. The summed E-state index contributed by atoms with van der Waals surface area (Å²) in [7, 11) is 0. The van der Waals surface area contributed by atoms with Crippen molar-refractivity contribution in [2.24, 2.45) is 28.9 Å². The standard InChI is InChI=1S/C25H32N4O2/c26-6-5-23(31)28-24-16-7-15-8-17(24)12-25(10-15,11-16)22(30)9-20-18-3-1-2-4-19(18)21-13-27-14-29(20)21/h1-4,13-17,20,22,24,30H,5-12,26H2,(H,28,31). The highest BCUT2D eigenvalue weighted by Gasteiger charge is 2.58. The number of aromatic nitrogens is 2. The number of nitrogens with one attached hydrogen (secondary N) is 1. The molecular formula is C25H32N4O2. The third-order valence-electron chi connectivity index (χ3n) is 8.77. The first-order valence-corrected chi connectivity index (χ1v) is 11.9.